The highest BCUT2D eigenvalue weighted by molar-refractivity contribution is 5.40. The van der Waals surface area contributed by atoms with Gasteiger partial charge in [0.1, 0.15) is 5.75 Å². The summed E-state index contributed by atoms with van der Waals surface area (Å²) in [5, 5.41) is 0. The van der Waals surface area contributed by atoms with Gasteiger partial charge in [-0.1, -0.05) is 6.07 Å². The van der Waals surface area contributed by atoms with Gasteiger partial charge < -0.3 is 15.0 Å². The number of ether oxygens (including phenoxy) is 1. The molecule has 0 saturated carbocycles. The van der Waals surface area contributed by atoms with E-state index in [0.717, 1.165) is 31.8 Å². The Kier molecular flexibility index (Phi) is 4.22. The predicted octanol–water partition coefficient (Wildman–Crippen LogP) is 1.80. The molecule has 0 spiro atoms. The summed E-state index contributed by atoms with van der Waals surface area (Å²) < 4.78 is 7.44. The van der Waals surface area contributed by atoms with Gasteiger partial charge in [0, 0.05) is 44.6 Å². The normalized spacial score (nSPS) is 17.9. The molecule has 1 aliphatic rings. The molecule has 0 amide bonds. The number of aromatic nitrogens is 2. The highest BCUT2D eigenvalue weighted by atomic mass is 16.5. The van der Waals surface area contributed by atoms with Crippen LogP contribution in [0.4, 0.5) is 0 Å². The van der Waals surface area contributed by atoms with Crippen LogP contribution in [0.15, 0.2) is 36.9 Å². The van der Waals surface area contributed by atoms with Crippen LogP contribution in [0, 0.1) is 0 Å². The van der Waals surface area contributed by atoms with Crippen molar-refractivity contribution in [2.75, 3.05) is 20.2 Å². The highest BCUT2D eigenvalue weighted by Gasteiger charge is 2.28. The average molecular weight is 286 g/mol. The summed E-state index contributed by atoms with van der Waals surface area (Å²) in [6, 6.07) is 6.62. The summed E-state index contributed by atoms with van der Waals surface area (Å²) in [5.74, 6) is 0.910. The zero-order chi connectivity index (χ0) is 14.7. The summed E-state index contributed by atoms with van der Waals surface area (Å²) in [6.07, 6.45) is 6.78. The van der Waals surface area contributed by atoms with Crippen LogP contribution >= 0.6 is 0 Å². The van der Waals surface area contributed by atoms with Crippen molar-refractivity contribution in [2.45, 2.75) is 25.6 Å². The minimum absolute atomic E-state index is 0.304. The van der Waals surface area contributed by atoms with E-state index < -0.39 is 0 Å². The lowest BCUT2D eigenvalue weighted by Crippen LogP contribution is -2.29. The first-order chi connectivity index (χ1) is 10.3. The number of nitrogens with zero attached hydrogens (tertiary/aromatic N) is 3. The van der Waals surface area contributed by atoms with Crippen molar-refractivity contribution in [3.05, 3.63) is 48.0 Å². The third-order valence-corrected chi connectivity index (χ3v) is 4.17. The summed E-state index contributed by atoms with van der Waals surface area (Å²) >= 11 is 0. The number of benzene rings is 1. The Morgan fingerprint density at radius 1 is 1.38 bits per heavy atom. The number of nitrogens with two attached hydrogens (primary N) is 1. The van der Waals surface area contributed by atoms with Crippen molar-refractivity contribution in [1.29, 1.82) is 0 Å². The smallest absolute Gasteiger partial charge is 0.119 e. The van der Waals surface area contributed by atoms with Gasteiger partial charge >= 0.3 is 0 Å². The number of methoxy groups -OCH3 is 1. The summed E-state index contributed by atoms with van der Waals surface area (Å²) in [7, 11) is 1.71. The molecular weight excluding hydrogens is 264 g/mol. The van der Waals surface area contributed by atoms with Crippen molar-refractivity contribution in [3.63, 3.8) is 0 Å². The molecule has 1 aliphatic heterocycles. The predicted molar refractivity (Wildman–Crippen MR) is 82.0 cm³/mol. The fourth-order valence-electron chi connectivity index (χ4n) is 3.07. The minimum Gasteiger partial charge on any atom is -0.497 e. The Morgan fingerprint density at radius 3 is 3.00 bits per heavy atom. The fraction of sp³-hybridized carbons (Fsp3) is 0.438. The van der Waals surface area contributed by atoms with Crippen molar-refractivity contribution in [2.24, 2.45) is 5.73 Å². The molecule has 1 aromatic heterocycles. The number of hydrogen-bond donors (Lipinski definition) is 1. The molecule has 2 N–H and O–H groups in total. The van der Waals surface area contributed by atoms with Crippen molar-refractivity contribution in [3.8, 4) is 5.75 Å². The van der Waals surface area contributed by atoms with E-state index in [2.05, 4.69) is 26.6 Å². The molecular formula is C16H22N4O. The van der Waals surface area contributed by atoms with E-state index in [-0.39, 0.29) is 0 Å². The standard InChI is InChI=1S/C16H22N4O/c1-21-14-4-3-13-11-20(16(10-17)15(13)9-14)7-2-6-19-8-5-18-12-19/h3-5,8-9,12,16H,2,6-7,10-11,17H2,1H3. The Morgan fingerprint density at radius 2 is 2.29 bits per heavy atom. The van der Waals surface area contributed by atoms with E-state index in [1.807, 2.05) is 24.8 Å². The second kappa shape index (κ2) is 6.28. The molecule has 3 rings (SSSR count). The number of fused-ring (bicyclic) bond motifs is 1. The van der Waals surface area contributed by atoms with Crippen LogP contribution in [0.1, 0.15) is 23.6 Å². The molecule has 0 bridgehead atoms. The van der Waals surface area contributed by atoms with E-state index in [1.165, 1.54) is 11.1 Å². The largest absolute Gasteiger partial charge is 0.497 e. The van der Waals surface area contributed by atoms with Crippen LogP contribution < -0.4 is 10.5 Å². The van der Waals surface area contributed by atoms with Crippen LogP contribution in [-0.4, -0.2) is 34.7 Å². The summed E-state index contributed by atoms with van der Waals surface area (Å²) in [6.45, 7) is 3.65. The van der Waals surface area contributed by atoms with Gasteiger partial charge in [-0.3, -0.25) is 4.90 Å². The van der Waals surface area contributed by atoms with Gasteiger partial charge in [-0.2, -0.15) is 0 Å². The second-order valence-corrected chi connectivity index (χ2v) is 5.44. The average Bonchev–Trinajstić information content (AvgIpc) is 3.13. The third-order valence-electron chi connectivity index (χ3n) is 4.17. The maximum absolute atomic E-state index is 6.00. The lowest BCUT2D eigenvalue weighted by Gasteiger charge is -2.23. The Bertz CT molecular complexity index is 582. The van der Waals surface area contributed by atoms with Gasteiger partial charge in [-0.25, -0.2) is 4.98 Å². The molecule has 21 heavy (non-hydrogen) atoms. The number of hydrogen-bond acceptors (Lipinski definition) is 4. The molecule has 1 atom stereocenters. The molecule has 2 heterocycles. The van der Waals surface area contributed by atoms with E-state index in [0.29, 0.717) is 12.6 Å². The molecule has 5 nitrogen and oxygen atoms in total. The second-order valence-electron chi connectivity index (χ2n) is 5.44. The molecule has 5 heteroatoms. The Balaban J connectivity index is 1.64. The van der Waals surface area contributed by atoms with Gasteiger partial charge in [-0.05, 0) is 29.7 Å². The SMILES string of the molecule is COc1ccc2c(c1)C(CN)N(CCCn1ccnc1)C2. The quantitative estimate of drug-likeness (QED) is 0.879. The summed E-state index contributed by atoms with van der Waals surface area (Å²) in [4.78, 5) is 6.53. The first-order valence-corrected chi connectivity index (χ1v) is 7.38. The van der Waals surface area contributed by atoms with E-state index in [9.17, 15) is 0 Å². The molecule has 1 aromatic carbocycles. The lowest BCUT2D eigenvalue weighted by atomic mass is 10.0. The number of aryl methyl sites for hydroxylation is 1. The zero-order valence-electron chi connectivity index (χ0n) is 12.4. The Hall–Kier alpha value is -1.85. The maximum atomic E-state index is 6.00. The molecule has 112 valence electrons. The van der Waals surface area contributed by atoms with Gasteiger partial charge in [0.05, 0.1) is 13.4 Å². The van der Waals surface area contributed by atoms with Crippen molar-refractivity contribution >= 4 is 0 Å². The van der Waals surface area contributed by atoms with Gasteiger partial charge in [0.2, 0.25) is 0 Å². The van der Waals surface area contributed by atoms with Crippen LogP contribution in [-0.2, 0) is 13.1 Å². The van der Waals surface area contributed by atoms with Crippen LogP contribution in [0.25, 0.3) is 0 Å². The van der Waals surface area contributed by atoms with Gasteiger partial charge in [0.25, 0.3) is 0 Å². The van der Waals surface area contributed by atoms with E-state index >= 15 is 0 Å². The maximum Gasteiger partial charge on any atom is 0.119 e. The lowest BCUT2D eigenvalue weighted by molar-refractivity contribution is 0.213. The first-order valence-electron chi connectivity index (χ1n) is 7.38. The minimum atomic E-state index is 0.304. The fourth-order valence-corrected chi connectivity index (χ4v) is 3.07. The third kappa shape index (κ3) is 2.94. The molecule has 1 unspecified atom stereocenters. The van der Waals surface area contributed by atoms with Gasteiger partial charge in [0.15, 0.2) is 0 Å². The molecule has 0 fully saturated rings. The number of rotatable bonds is 6. The molecule has 0 aliphatic carbocycles. The molecule has 0 saturated heterocycles. The first kappa shape index (κ1) is 14.1. The molecule has 0 radical (unpaired) electrons. The van der Waals surface area contributed by atoms with E-state index in [4.69, 9.17) is 10.5 Å². The summed E-state index contributed by atoms with van der Waals surface area (Å²) in [5.41, 5.74) is 8.69. The van der Waals surface area contributed by atoms with Crippen LogP contribution in [0.2, 0.25) is 0 Å². The monoisotopic (exact) mass is 286 g/mol. The van der Waals surface area contributed by atoms with Gasteiger partial charge in [-0.15, -0.1) is 0 Å². The Labute approximate surface area is 125 Å². The molecule has 2 aromatic rings. The highest BCUT2D eigenvalue weighted by Crippen LogP contribution is 2.35. The topological polar surface area (TPSA) is 56.3 Å². The van der Waals surface area contributed by atoms with Crippen LogP contribution in [0.3, 0.4) is 0 Å². The van der Waals surface area contributed by atoms with Crippen molar-refractivity contribution in [1.82, 2.24) is 14.5 Å². The zero-order valence-corrected chi connectivity index (χ0v) is 12.4. The van der Waals surface area contributed by atoms with E-state index in [1.54, 1.807) is 7.11 Å². The van der Waals surface area contributed by atoms with Crippen LogP contribution in [0.5, 0.6) is 5.75 Å². The van der Waals surface area contributed by atoms with Crippen molar-refractivity contribution < 1.29 is 4.74 Å². The number of imidazole rings is 1.